The molecule has 1 unspecified atom stereocenters. The van der Waals surface area contributed by atoms with Crippen LogP contribution in [0.5, 0.6) is 0 Å². The monoisotopic (exact) mass is 241 g/mol. The van der Waals surface area contributed by atoms with E-state index >= 15 is 0 Å². The van der Waals surface area contributed by atoms with Crippen LogP contribution >= 0.6 is 0 Å². The van der Waals surface area contributed by atoms with Gasteiger partial charge < -0.3 is 9.80 Å². The van der Waals surface area contributed by atoms with Crippen molar-refractivity contribution in [3.05, 3.63) is 0 Å². The highest BCUT2D eigenvalue weighted by atomic mass is 16.2. The Bertz CT molecular complexity index is 243. The van der Waals surface area contributed by atoms with E-state index in [9.17, 15) is 4.79 Å². The van der Waals surface area contributed by atoms with Gasteiger partial charge in [0.1, 0.15) is 0 Å². The van der Waals surface area contributed by atoms with E-state index in [-0.39, 0.29) is 12.1 Å². The molecule has 1 N–H and O–H groups in total. The number of rotatable bonds is 7. The summed E-state index contributed by atoms with van der Waals surface area (Å²) in [6.45, 7) is 9.07. The minimum absolute atomic E-state index is 0.258. The van der Waals surface area contributed by atoms with E-state index in [4.69, 9.17) is 0 Å². The summed E-state index contributed by atoms with van der Waals surface area (Å²) in [7, 11) is 2.15. The van der Waals surface area contributed by atoms with Gasteiger partial charge in [0.2, 0.25) is 5.91 Å². The number of amides is 1. The number of hydrogen-bond acceptors (Lipinski definition) is 3. The molecule has 0 aromatic rings. The molecular weight excluding hydrogens is 214 g/mol. The van der Waals surface area contributed by atoms with Gasteiger partial charge in [-0.15, -0.1) is 0 Å². The summed E-state index contributed by atoms with van der Waals surface area (Å²) in [4.78, 5) is 16.0. The van der Waals surface area contributed by atoms with E-state index in [1.165, 1.54) is 0 Å². The molecule has 1 rings (SSSR count). The molecule has 1 atom stereocenters. The molecule has 0 radical (unpaired) electrons. The third kappa shape index (κ3) is 4.28. The zero-order valence-corrected chi connectivity index (χ0v) is 11.7. The molecule has 0 spiro atoms. The maximum Gasteiger partial charge on any atom is 0.237 e. The molecule has 0 bridgehead atoms. The van der Waals surface area contributed by atoms with Crippen LogP contribution in [0, 0.1) is 0 Å². The molecule has 17 heavy (non-hydrogen) atoms. The zero-order valence-electron chi connectivity index (χ0n) is 11.7. The van der Waals surface area contributed by atoms with Crippen molar-refractivity contribution in [2.75, 3.05) is 26.7 Å². The van der Waals surface area contributed by atoms with Crippen molar-refractivity contribution >= 4 is 5.91 Å². The largest absolute Gasteiger partial charge is 0.326 e. The first kappa shape index (κ1) is 14.5. The molecule has 1 amide bonds. The fraction of sp³-hybridized carbons (Fsp3) is 0.923. The molecule has 4 heteroatoms. The third-order valence-electron chi connectivity index (χ3n) is 3.61. The van der Waals surface area contributed by atoms with Gasteiger partial charge in [-0.3, -0.25) is 10.1 Å². The van der Waals surface area contributed by atoms with Crippen LogP contribution in [0.25, 0.3) is 0 Å². The highest BCUT2D eigenvalue weighted by molar-refractivity contribution is 5.80. The number of nitrogens with zero attached hydrogens (tertiary/aromatic N) is 2. The quantitative estimate of drug-likeness (QED) is 0.682. The Kier molecular flexibility index (Phi) is 5.92. The zero-order chi connectivity index (χ0) is 12.8. The van der Waals surface area contributed by atoms with Crippen molar-refractivity contribution in [1.29, 1.82) is 0 Å². The van der Waals surface area contributed by atoms with Crippen LogP contribution in [0.2, 0.25) is 0 Å². The molecule has 4 nitrogen and oxygen atoms in total. The van der Waals surface area contributed by atoms with Crippen molar-refractivity contribution < 1.29 is 4.79 Å². The third-order valence-corrected chi connectivity index (χ3v) is 3.61. The normalized spacial score (nSPS) is 20.9. The number of unbranched alkanes of at least 4 members (excludes halogenated alkanes) is 1. The molecule has 0 aromatic heterocycles. The summed E-state index contributed by atoms with van der Waals surface area (Å²) < 4.78 is 0. The summed E-state index contributed by atoms with van der Waals surface area (Å²) in [5, 5.41) is 3.24. The molecule has 1 saturated heterocycles. The second-order valence-corrected chi connectivity index (χ2v) is 5.17. The summed E-state index contributed by atoms with van der Waals surface area (Å²) in [5.41, 5.74) is 0. The van der Waals surface area contributed by atoms with Gasteiger partial charge in [0.25, 0.3) is 0 Å². The summed E-state index contributed by atoms with van der Waals surface area (Å²) in [6, 6.07) is 0.605. The highest BCUT2D eigenvalue weighted by Crippen LogP contribution is 2.10. The van der Waals surface area contributed by atoms with Crippen LogP contribution in [0.3, 0.4) is 0 Å². The first-order valence-electron chi connectivity index (χ1n) is 6.79. The Morgan fingerprint density at radius 2 is 2.18 bits per heavy atom. The lowest BCUT2D eigenvalue weighted by Crippen LogP contribution is -2.37. The Morgan fingerprint density at radius 3 is 2.76 bits per heavy atom. The van der Waals surface area contributed by atoms with Gasteiger partial charge in [-0.2, -0.15) is 0 Å². The molecular formula is C13H27N3O. The highest BCUT2D eigenvalue weighted by Gasteiger charge is 2.27. The average Bonchev–Trinajstić information content (AvgIpc) is 2.65. The summed E-state index contributed by atoms with van der Waals surface area (Å²) in [6.07, 6.45) is 3.53. The maximum atomic E-state index is 11.6. The number of hydrogen-bond donors (Lipinski definition) is 1. The van der Waals surface area contributed by atoms with E-state index in [2.05, 4.69) is 38.0 Å². The lowest BCUT2D eigenvalue weighted by atomic mass is 10.2. The van der Waals surface area contributed by atoms with E-state index in [1.54, 1.807) is 0 Å². The average molecular weight is 241 g/mol. The van der Waals surface area contributed by atoms with Gasteiger partial charge in [-0.05, 0) is 46.7 Å². The van der Waals surface area contributed by atoms with Crippen LogP contribution < -0.4 is 5.32 Å². The van der Waals surface area contributed by atoms with Crippen LogP contribution in [-0.2, 0) is 4.79 Å². The summed E-state index contributed by atoms with van der Waals surface area (Å²) in [5.74, 6) is 0.258. The van der Waals surface area contributed by atoms with E-state index < -0.39 is 0 Å². The molecule has 1 heterocycles. The van der Waals surface area contributed by atoms with Crippen molar-refractivity contribution in [1.82, 2.24) is 15.1 Å². The van der Waals surface area contributed by atoms with Gasteiger partial charge in [-0.1, -0.05) is 6.92 Å². The molecule has 1 aliphatic rings. The minimum Gasteiger partial charge on any atom is -0.326 e. The molecule has 0 saturated carbocycles. The van der Waals surface area contributed by atoms with E-state index in [0.29, 0.717) is 12.6 Å². The van der Waals surface area contributed by atoms with Gasteiger partial charge in [0, 0.05) is 12.6 Å². The lowest BCUT2D eigenvalue weighted by Gasteiger charge is -2.24. The molecule has 0 aromatic carbocycles. The Morgan fingerprint density at radius 1 is 1.47 bits per heavy atom. The standard InChI is InChI=1S/C13H27N3O/c1-5-12-14-10-13(17)16(12)9-7-6-8-15(4)11(2)3/h11-12,14H,5-10H2,1-4H3. The Hall–Kier alpha value is -0.610. The molecule has 1 aliphatic heterocycles. The topological polar surface area (TPSA) is 35.6 Å². The molecule has 100 valence electrons. The molecule has 0 aliphatic carbocycles. The van der Waals surface area contributed by atoms with Crippen LogP contribution in [-0.4, -0.2) is 54.6 Å². The number of carbonyl (C=O) groups is 1. The molecule has 1 fully saturated rings. The second kappa shape index (κ2) is 6.97. The van der Waals surface area contributed by atoms with E-state index in [0.717, 1.165) is 32.4 Å². The van der Waals surface area contributed by atoms with Crippen LogP contribution in [0.4, 0.5) is 0 Å². The van der Waals surface area contributed by atoms with Crippen molar-refractivity contribution in [2.45, 2.75) is 52.2 Å². The fourth-order valence-corrected chi connectivity index (χ4v) is 2.14. The fourth-order valence-electron chi connectivity index (χ4n) is 2.14. The second-order valence-electron chi connectivity index (χ2n) is 5.17. The Balaban J connectivity index is 2.19. The smallest absolute Gasteiger partial charge is 0.237 e. The predicted octanol–water partition coefficient (Wildman–Crippen LogP) is 1.27. The maximum absolute atomic E-state index is 11.6. The SMILES string of the molecule is CCC1NCC(=O)N1CCCCN(C)C(C)C. The predicted molar refractivity (Wildman–Crippen MR) is 70.8 cm³/mol. The minimum atomic E-state index is 0.258. The van der Waals surface area contributed by atoms with Crippen LogP contribution in [0.1, 0.15) is 40.0 Å². The van der Waals surface area contributed by atoms with E-state index in [1.807, 2.05) is 4.90 Å². The Labute approximate surface area is 105 Å². The number of carbonyl (C=O) groups excluding carboxylic acids is 1. The van der Waals surface area contributed by atoms with Crippen LogP contribution in [0.15, 0.2) is 0 Å². The summed E-state index contributed by atoms with van der Waals surface area (Å²) >= 11 is 0. The van der Waals surface area contributed by atoms with Gasteiger partial charge >= 0.3 is 0 Å². The first-order valence-corrected chi connectivity index (χ1v) is 6.79. The van der Waals surface area contributed by atoms with Crippen molar-refractivity contribution in [2.24, 2.45) is 0 Å². The van der Waals surface area contributed by atoms with Gasteiger partial charge in [-0.25, -0.2) is 0 Å². The lowest BCUT2D eigenvalue weighted by molar-refractivity contribution is -0.128. The first-order chi connectivity index (χ1) is 8.06. The number of nitrogens with one attached hydrogen (secondary N) is 1. The van der Waals surface area contributed by atoms with Gasteiger partial charge in [0.15, 0.2) is 0 Å². The van der Waals surface area contributed by atoms with Gasteiger partial charge in [0.05, 0.1) is 12.7 Å². The van der Waals surface area contributed by atoms with Crippen molar-refractivity contribution in [3.63, 3.8) is 0 Å². The van der Waals surface area contributed by atoms with Crippen molar-refractivity contribution in [3.8, 4) is 0 Å².